The number of hydrogen-bond donors (Lipinski definition) is 1. The van der Waals surface area contributed by atoms with Gasteiger partial charge in [-0.15, -0.1) is 0 Å². The Hall–Kier alpha value is -3.86. The van der Waals surface area contributed by atoms with Crippen molar-refractivity contribution in [1.82, 2.24) is 9.55 Å². The van der Waals surface area contributed by atoms with E-state index >= 15 is 0 Å². The molecule has 3 aromatic rings. The van der Waals surface area contributed by atoms with E-state index in [2.05, 4.69) is 10.3 Å². The van der Waals surface area contributed by atoms with Gasteiger partial charge in [0.25, 0.3) is 5.91 Å². The number of amides is 1. The van der Waals surface area contributed by atoms with E-state index in [0.717, 1.165) is 0 Å². The first-order valence-electron chi connectivity index (χ1n) is 11.5. The molecule has 4 atom stereocenters. The number of carbonyl (C=O) groups excluding carboxylic acids is 2. The third-order valence-electron chi connectivity index (χ3n) is 5.90. The first kappa shape index (κ1) is 23.9. The molecule has 1 N–H and O–H groups in total. The number of esters is 1. The molecule has 2 fully saturated rings. The highest BCUT2D eigenvalue weighted by Gasteiger charge is 2.56. The second-order valence-corrected chi connectivity index (χ2v) is 8.92. The zero-order valence-electron chi connectivity index (χ0n) is 19.7. The summed E-state index contributed by atoms with van der Waals surface area (Å²) >= 11 is 0. The minimum atomic E-state index is -0.917. The number of rotatable bonds is 6. The van der Waals surface area contributed by atoms with E-state index in [1.807, 2.05) is 6.07 Å². The van der Waals surface area contributed by atoms with E-state index in [1.54, 1.807) is 68.4 Å². The highest BCUT2D eigenvalue weighted by Crippen LogP contribution is 2.42. The second kappa shape index (κ2) is 9.65. The van der Waals surface area contributed by atoms with Crippen LogP contribution in [0, 0.1) is 0 Å². The maximum atomic E-state index is 12.9. The molecule has 1 amide bonds. The van der Waals surface area contributed by atoms with Gasteiger partial charge in [0.2, 0.25) is 0 Å². The van der Waals surface area contributed by atoms with Crippen LogP contribution in [0.5, 0.6) is 0 Å². The van der Waals surface area contributed by atoms with Gasteiger partial charge < -0.3 is 24.3 Å². The average Bonchev–Trinajstić information content (AvgIpc) is 3.36. The number of hydrogen-bond acceptors (Lipinski definition) is 8. The van der Waals surface area contributed by atoms with E-state index in [0.29, 0.717) is 11.1 Å². The summed E-state index contributed by atoms with van der Waals surface area (Å²) in [5, 5.41) is 2.62. The van der Waals surface area contributed by atoms with E-state index in [9.17, 15) is 14.4 Å². The Kier molecular flexibility index (Phi) is 6.40. The van der Waals surface area contributed by atoms with E-state index in [4.69, 9.17) is 18.9 Å². The highest BCUT2D eigenvalue weighted by molar-refractivity contribution is 6.03. The van der Waals surface area contributed by atoms with Crippen LogP contribution in [-0.2, 0) is 18.9 Å². The van der Waals surface area contributed by atoms with Gasteiger partial charge in [-0.25, -0.2) is 9.59 Å². The Balaban J connectivity index is 1.32. The fourth-order valence-electron chi connectivity index (χ4n) is 4.29. The molecule has 0 radical (unpaired) electrons. The molecule has 1 aromatic heterocycles. The Morgan fingerprint density at radius 3 is 2.28 bits per heavy atom. The number of nitrogens with one attached hydrogen (secondary N) is 1. The van der Waals surface area contributed by atoms with Crippen LogP contribution >= 0.6 is 0 Å². The lowest BCUT2D eigenvalue weighted by molar-refractivity contribution is -0.200. The lowest BCUT2D eigenvalue weighted by Crippen LogP contribution is -2.35. The van der Waals surface area contributed by atoms with Crippen molar-refractivity contribution in [2.75, 3.05) is 11.9 Å². The first-order valence-corrected chi connectivity index (χ1v) is 11.5. The van der Waals surface area contributed by atoms with E-state index < -0.39 is 42.0 Å². The Morgan fingerprint density at radius 2 is 1.61 bits per heavy atom. The smallest absolute Gasteiger partial charge is 0.351 e. The van der Waals surface area contributed by atoms with Crippen LogP contribution < -0.4 is 11.0 Å². The van der Waals surface area contributed by atoms with Crippen LogP contribution in [-0.4, -0.2) is 52.1 Å². The standard InChI is InChI=1S/C26H25N3O7/c1-26(2)35-20-18(15-33-24(31)17-11-7-4-8-12-17)34-23(21(20)36-26)29-14-13-19(28-25(29)32)27-22(30)16-9-5-3-6-10-16/h3-14,18,20-21,23H,15H2,1-2H3,(H,27,28,30,32)/t18-,20+,21-,23-/m1/s1. The number of fused-ring (bicyclic) bond motifs is 1. The summed E-state index contributed by atoms with van der Waals surface area (Å²) < 4.78 is 24.8. The van der Waals surface area contributed by atoms with Crippen molar-refractivity contribution >= 4 is 17.7 Å². The van der Waals surface area contributed by atoms with Gasteiger partial charge in [-0.3, -0.25) is 9.36 Å². The van der Waals surface area contributed by atoms with E-state index in [1.165, 1.54) is 16.8 Å². The molecule has 0 aliphatic carbocycles. The molecule has 5 rings (SSSR count). The van der Waals surface area contributed by atoms with Crippen LogP contribution in [0.25, 0.3) is 0 Å². The minimum Gasteiger partial charge on any atom is -0.459 e. The Morgan fingerprint density at radius 1 is 0.972 bits per heavy atom. The van der Waals surface area contributed by atoms with Gasteiger partial charge in [0.15, 0.2) is 12.0 Å². The molecule has 2 saturated heterocycles. The molecular formula is C26H25N3O7. The summed E-state index contributed by atoms with van der Waals surface area (Å²) in [7, 11) is 0. The maximum absolute atomic E-state index is 12.9. The zero-order chi connectivity index (χ0) is 25.3. The molecule has 0 bridgehead atoms. The fourth-order valence-corrected chi connectivity index (χ4v) is 4.29. The summed E-state index contributed by atoms with van der Waals surface area (Å²) in [5.74, 6) is -1.68. The van der Waals surface area contributed by atoms with E-state index in [-0.39, 0.29) is 18.3 Å². The molecule has 36 heavy (non-hydrogen) atoms. The summed E-state index contributed by atoms with van der Waals surface area (Å²) in [5.41, 5.74) is 0.220. The third kappa shape index (κ3) is 4.92. The number of carbonyl (C=O) groups is 2. The molecule has 2 aromatic carbocycles. The number of aromatic nitrogens is 2. The number of nitrogens with zero attached hydrogens (tertiary/aromatic N) is 2. The van der Waals surface area contributed by atoms with Crippen LogP contribution in [0.1, 0.15) is 40.8 Å². The van der Waals surface area contributed by atoms with Gasteiger partial charge in [0.1, 0.15) is 30.7 Å². The fraction of sp³-hybridized carbons (Fsp3) is 0.308. The van der Waals surface area contributed by atoms with Crippen molar-refractivity contribution in [2.24, 2.45) is 0 Å². The second-order valence-electron chi connectivity index (χ2n) is 8.92. The number of anilines is 1. The SMILES string of the molecule is CC1(C)O[C@@H]2[C@@H](O1)[C@@H](COC(=O)c1ccccc1)O[C@H]2n1ccc(NC(=O)c2ccccc2)nc1=O. The third-order valence-corrected chi connectivity index (χ3v) is 5.90. The van der Waals surface area contributed by atoms with Gasteiger partial charge in [0, 0.05) is 11.8 Å². The monoisotopic (exact) mass is 491 g/mol. The van der Waals surface area contributed by atoms with Gasteiger partial charge >= 0.3 is 11.7 Å². The normalized spacial score (nSPS) is 24.2. The zero-order valence-corrected chi connectivity index (χ0v) is 19.7. The molecule has 2 aliphatic heterocycles. The molecule has 10 nitrogen and oxygen atoms in total. The average molecular weight is 492 g/mol. The van der Waals surface area contributed by atoms with Crippen molar-refractivity contribution in [1.29, 1.82) is 0 Å². The Labute approximate surface area is 206 Å². The molecular weight excluding hydrogens is 466 g/mol. The predicted molar refractivity (Wildman–Crippen MR) is 127 cm³/mol. The number of benzene rings is 2. The quantitative estimate of drug-likeness (QED) is 0.523. The predicted octanol–water partition coefficient (Wildman–Crippen LogP) is 2.77. The van der Waals surface area contributed by atoms with Crippen LogP contribution in [0.2, 0.25) is 0 Å². The largest absolute Gasteiger partial charge is 0.459 e. The molecule has 10 heteroatoms. The summed E-state index contributed by atoms with van der Waals surface area (Å²) in [4.78, 5) is 41.7. The topological polar surface area (TPSA) is 118 Å². The van der Waals surface area contributed by atoms with Crippen LogP contribution in [0.4, 0.5) is 5.82 Å². The van der Waals surface area contributed by atoms with Gasteiger partial charge in [-0.05, 0) is 44.2 Å². The number of ether oxygens (including phenoxy) is 4. The van der Waals surface area contributed by atoms with Crippen molar-refractivity contribution in [3.63, 3.8) is 0 Å². The molecule has 186 valence electrons. The van der Waals surface area contributed by atoms with Gasteiger partial charge in [-0.1, -0.05) is 36.4 Å². The van der Waals surface area contributed by atoms with Crippen molar-refractivity contribution in [3.05, 3.63) is 94.5 Å². The first-order chi connectivity index (χ1) is 17.3. The van der Waals surface area contributed by atoms with Crippen molar-refractivity contribution in [3.8, 4) is 0 Å². The molecule has 2 aliphatic rings. The molecule has 0 saturated carbocycles. The van der Waals surface area contributed by atoms with Crippen molar-refractivity contribution < 1.29 is 28.5 Å². The molecule has 0 spiro atoms. The van der Waals surface area contributed by atoms with Crippen molar-refractivity contribution in [2.45, 2.75) is 44.2 Å². The van der Waals surface area contributed by atoms with Crippen LogP contribution in [0.15, 0.2) is 77.7 Å². The minimum absolute atomic E-state index is 0.0851. The summed E-state index contributed by atoms with van der Waals surface area (Å²) in [6, 6.07) is 18.7. The summed E-state index contributed by atoms with van der Waals surface area (Å²) in [6.07, 6.45) is -1.26. The Bertz CT molecular complexity index is 1310. The molecule has 3 heterocycles. The van der Waals surface area contributed by atoms with Gasteiger partial charge in [-0.2, -0.15) is 4.98 Å². The summed E-state index contributed by atoms with van der Waals surface area (Å²) in [6.45, 7) is 3.44. The van der Waals surface area contributed by atoms with Gasteiger partial charge in [0.05, 0.1) is 5.56 Å². The lowest BCUT2D eigenvalue weighted by Gasteiger charge is -2.24. The maximum Gasteiger partial charge on any atom is 0.351 e. The lowest BCUT2D eigenvalue weighted by atomic mass is 10.1. The van der Waals surface area contributed by atoms with Crippen LogP contribution in [0.3, 0.4) is 0 Å². The highest BCUT2D eigenvalue weighted by atomic mass is 16.8. The molecule has 0 unspecified atom stereocenters.